The van der Waals surface area contributed by atoms with Gasteiger partial charge in [0.2, 0.25) is 0 Å². The summed E-state index contributed by atoms with van der Waals surface area (Å²) in [7, 11) is 3.35. The number of rotatable bonds is 6. The molecule has 1 unspecified atom stereocenters. The first-order valence-corrected chi connectivity index (χ1v) is 8.87. The van der Waals surface area contributed by atoms with Gasteiger partial charge in [0.25, 0.3) is 0 Å². The van der Waals surface area contributed by atoms with Crippen molar-refractivity contribution in [1.29, 1.82) is 0 Å². The number of hydrogen-bond donors (Lipinski definition) is 1. The summed E-state index contributed by atoms with van der Waals surface area (Å²) in [4.78, 5) is 11.8. The van der Waals surface area contributed by atoms with Crippen molar-refractivity contribution in [2.75, 3.05) is 21.3 Å². The van der Waals surface area contributed by atoms with Crippen LogP contribution < -0.4 is 14.2 Å². The predicted molar refractivity (Wildman–Crippen MR) is 94.8 cm³/mol. The maximum absolute atomic E-state index is 12.7. The number of ether oxygens (including phenoxy) is 3. The molecule has 7 nitrogen and oxygen atoms in total. The van der Waals surface area contributed by atoms with E-state index in [0.717, 1.165) is 16.6 Å². The second-order valence-electron chi connectivity index (χ2n) is 5.35. The summed E-state index contributed by atoms with van der Waals surface area (Å²) in [6.45, 7) is 1.87. The van der Waals surface area contributed by atoms with Gasteiger partial charge in [0.05, 0.1) is 60.8 Å². The highest BCUT2D eigenvalue weighted by Gasteiger charge is 2.17. The number of methoxy groups -OCH3 is 3. The third kappa shape index (κ3) is 3.30. The topological polar surface area (TPSA) is 86.3 Å². The maximum atomic E-state index is 12.7. The van der Waals surface area contributed by atoms with Gasteiger partial charge in [-0.1, -0.05) is 0 Å². The van der Waals surface area contributed by atoms with Crippen LogP contribution in [0.15, 0.2) is 29.6 Å². The Labute approximate surface area is 147 Å². The fourth-order valence-electron chi connectivity index (χ4n) is 2.55. The molecule has 1 aromatic carbocycles. The summed E-state index contributed by atoms with van der Waals surface area (Å²) in [5.74, 6) is 2.08. The van der Waals surface area contributed by atoms with Crippen LogP contribution in [-0.4, -0.2) is 40.5 Å². The monoisotopic (exact) mass is 361 g/mol. The Balaban J connectivity index is 1.90. The lowest BCUT2D eigenvalue weighted by Gasteiger charge is -2.12. The Morgan fingerprint density at radius 3 is 2.64 bits per heavy atom. The molecule has 0 saturated carbocycles. The maximum Gasteiger partial charge on any atom is 0.197 e. The first kappa shape index (κ1) is 17.2. The van der Waals surface area contributed by atoms with Gasteiger partial charge in [-0.05, 0) is 19.1 Å². The van der Waals surface area contributed by atoms with Gasteiger partial charge in [-0.2, -0.15) is 0 Å². The van der Waals surface area contributed by atoms with E-state index in [2.05, 4.69) is 15.0 Å². The fourth-order valence-corrected chi connectivity index (χ4v) is 3.65. The number of aromatic amines is 1. The van der Waals surface area contributed by atoms with Crippen LogP contribution in [0.25, 0.3) is 11.0 Å². The fraction of sp³-hybridized carbons (Fsp3) is 0.294. The summed E-state index contributed by atoms with van der Waals surface area (Å²) < 4.78 is 28.5. The Morgan fingerprint density at radius 2 is 1.96 bits per heavy atom. The molecule has 2 heterocycles. The van der Waals surface area contributed by atoms with Gasteiger partial charge < -0.3 is 19.2 Å². The quantitative estimate of drug-likeness (QED) is 0.726. The lowest BCUT2D eigenvalue weighted by molar-refractivity contribution is 0.350. The number of fused-ring (bicyclic) bond motifs is 1. The summed E-state index contributed by atoms with van der Waals surface area (Å²) in [5, 5.41) is 0.402. The van der Waals surface area contributed by atoms with E-state index < -0.39 is 10.8 Å². The molecule has 1 N–H and O–H groups in total. The zero-order valence-corrected chi connectivity index (χ0v) is 15.3. The highest BCUT2D eigenvalue weighted by atomic mass is 32.2. The normalized spacial score (nSPS) is 12.2. The Morgan fingerprint density at radius 1 is 1.16 bits per heavy atom. The number of imidazole rings is 1. The number of pyridine rings is 1. The Bertz CT molecular complexity index is 939. The molecule has 0 aliphatic carbocycles. The molecule has 0 spiro atoms. The summed E-state index contributed by atoms with van der Waals surface area (Å²) >= 11 is 0. The van der Waals surface area contributed by atoms with Gasteiger partial charge >= 0.3 is 0 Å². The van der Waals surface area contributed by atoms with Crippen LogP contribution in [0.3, 0.4) is 0 Å². The van der Waals surface area contributed by atoms with Crippen molar-refractivity contribution in [2.45, 2.75) is 17.8 Å². The minimum atomic E-state index is -1.37. The summed E-state index contributed by atoms with van der Waals surface area (Å²) in [5.41, 5.74) is 2.99. The molecule has 0 bridgehead atoms. The molecule has 1 atom stereocenters. The molecule has 0 saturated heterocycles. The molecular weight excluding hydrogens is 342 g/mol. The molecule has 0 aliphatic rings. The molecule has 0 fully saturated rings. The minimum Gasteiger partial charge on any atom is -0.497 e. The number of hydrogen-bond acceptors (Lipinski definition) is 6. The molecule has 3 aromatic rings. The van der Waals surface area contributed by atoms with E-state index in [-0.39, 0.29) is 5.75 Å². The van der Waals surface area contributed by atoms with Gasteiger partial charge in [0, 0.05) is 11.6 Å². The van der Waals surface area contributed by atoms with E-state index >= 15 is 0 Å². The molecule has 0 amide bonds. The smallest absolute Gasteiger partial charge is 0.197 e. The molecule has 132 valence electrons. The molecule has 8 heteroatoms. The third-order valence-electron chi connectivity index (χ3n) is 3.91. The van der Waals surface area contributed by atoms with Crippen molar-refractivity contribution >= 4 is 21.8 Å². The Kier molecular flexibility index (Phi) is 4.89. The predicted octanol–water partition coefficient (Wildman–Crippen LogP) is 2.60. The number of nitrogens with zero attached hydrogens (tertiary/aromatic N) is 2. The van der Waals surface area contributed by atoms with Crippen molar-refractivity contribution in [3.05, 3.63) is 35.7 Å². The number of benzene rings is 1. The van der Waals surface area contributed by atoms with Gasteiger partial charge in [-0.15, -0.1) is 0 Å². The van der Waals surface area contributed by atoms with Crippen molar-refractivity contribution < 1.29 is 18.4 Å². The molecule has 3 rings (SSSR count). The van der Waals surface area contributed by atoms with Crippen molar-refractivity contribution in [3.63, 3.8) is 0 Å². The lowest BCUT2D eigenvalue weighted by Crippen LogP contribution is -2.05. The second-order valence-corrected chi connectivity index (χ2v) is 6.71. The van der Waals surface area contributed by atoms with Crippen LogP contribution >= 0.6 is 0 Å². The van der Waals surface area contributed by atoms with E-state index in [1.807, 2.05) is 25.1 Å². The second kappa shape index (κ2) is 7.10. The van der Waals surface area contributed by atoms with E-state index in [1.165, 1.54) is 0 Å². The van der Waals surface area contributed by atoms with Crippen LogP contribution in [0, 0.1) is 6.92 Å². The third-order valence-corrected chi connectivity index (χ3v) is 5.07. The van der Waals surface area contributed by atoms with Crippen molar-refractivity contribution in [1.82, 2.24) is 15.0 Å². The zero-order valence-electron chi connectivity index (χ0n) is 14.5. The SMILES string of the molecule is COc1ccc2nc(S(=O)Cc3ncc(OC)c(OC)c3C)[nH]c2c1. The van der Waals surface area contributed by atoms with Crippen LogP contribution in [0.4, 0.5) is 0 Å². The first-order valence-electron chi connectivity index (χ1n) is 7.56. The molecule has 25 heavy (non-hydrogen) atoms. The lowest BCUT2D eigenvalue weighted by atomic mass is 10.2. The van der Waals surface area contributed by atoms with Crippen molar-refractivity contribution in [3.8, 4) is 17.2 Å². The molecule has 0 aliphatic heterocycles. The zero-order chi connectivity index (χ0) is 18.0. The highest BCUT2D eigenvalue weighted by Crippen LogP contribution is 2.32. The number of nitrogens with one attached hydrogen (secondary N) is 1. The van der Waals surface area contributed by atoms with E-state index in [0.29, 0.717) is 28.1 Å². The highest BCUT2D eigenvalue weighted by molar-refractivity contribution is 7.84. The van der Waals surface area contributed by atoms with E-state index in [1.54, 1.807) is 27.5 Å². The van der Waals surface area contributed by atoms with Crippen LogP contribution in [0.2, 0.25) is 0 Å². The minimum absolute atomic E-state index is 0.225. The number of aromatic nitrogens is 3. The average Bonchev–Trinajstić information content (AvgIpc) is 3.06. The van der Waals surface area contributed by atoms with Crippen molar-refractivity contribution in [2.24, 2.45) is 0 Å². The molecule has 0 radical (unpaired) electrons. The standard InChI is InChI=1S/C17H19N3O4S/c1-10-14(18-8-15(23-3)16(10)24-4)9-25(21)17-19-12-6-5-11(22-2)7-13(12)20-17/h5-8H,9H2,1-4H3,(H,19,20). The van der Waals surface area contributed by atoms with Crippen LogP contribution in [-0.2, 0) is 16.6 Å². The Hall–Kier alpha value is -2.61. The number of H-pyrrole nitrogens is 1. The van der Waals surface area contributed by atoms with Crippen LogP contribution in [0.5, 0.6) is 17.2 Å². The molecule has 2 aromatic heterocycles. The largest absolute Gasteiger partial charge is 0.497 e. The average molecular weight is 361 g/mol. The van der Waals surface area contributed by atoms with Gasteiger partial charge in [0.1, 0.15) is 5.75 Å². The molecular formula is C17H19N3O4S. The van der Waals surface area contributed by atoms with Gasteiger partial charge in [-0.3, -0.25) is 9.19 Å². The van der Waals surface area contributed by atoms with Gasteiger partial charge in [-0.25, -0.2) is 4.98 Å². The van der Waals surface area contributed by atoms with Gasteiger partial charge in [0.15, 0.2) is 16.7 Å². The first-order chi connectivity index (χ1) is 12.1. The summed E-state index contributed by atoms with van der Waals surface area (Å²) in [6, 6.07) is 5.46. The van der Waals surface area contributed by atoms with Crippen LogP contribution in [0.1, 0.15) is 11.3 Å². The van der Waals surface area contributed by atoms with E-state index in [4.69, 9.17) is 14.2 Å². The van der Waals surface area contributed by atoms with E-state index in [9.17, 15) is 4.21 Å². The summed E-state index contributed by atoms with van der Waals surface area (Å²) in [6.07, 6.45) is 1.57.